The molecule has 0 heterocycles. The van der Waals surface area contributed by atoms with Gasteiger partial charge >= 0.3 is 0 Å². The minimum atomic E-state index is 0.725. The molecule has 0 rings (SSSR count). The van der Waals surface area contributed by atoms with Crippen LogP contribution >= 0.6 is 0 Å². The predicted molar refractivity (Wildman–Crippen MR) is 62.5 cm³/mol. The van der Waals surface area contributed by atoms with Gasteiger partial charge in [-0.05, 0) is 19.4 Å². The monoisotopic (exact) mass is 201 g/mol. The number of rotatable bonds is 11. The van der Waals surface area contributed by atoms with Gasteiger partial charge < -0.3 is 4.74 Å². The molecule has 0 aliphatic rings. The molecular weight excluding hydrogens is 174 g/mol. The van der Waals surface area contributed by atoms with Crippen molar-refractivity contribution in [1.82, 2.24) is 5.32 Å². The molecule has 0 saturated carbocycles. The van der Waals surface area contributed by atoms with E-state index in [-0.39, 0.29) is 0 Å². The zero-order valence-corrected chi connectivity index (χ0v) is 9.98. The van der Waals surface area contributed by atoms with Gasteiger partial charge in [0.2, 0.25) is 0 Å². The molecule has 0 unspecified atom stereocenters. The normalized spacial score (nSPS) is 10.7. The molecule has 0 spiro atoms. The maximum absolute atomic E-state index is 5.32. The highest BCUT2D eigenvalue weighted by Gasteiger charge is 1.90. The first-order valence-electron chi connectivity index (χ1n) is 6.20. The fraction of sp³-hybridized carbons (Fsp3) is 1.00. The zero-order chi connectivity index (χ0) is 10.5. The molecule has 0 atom stereocenters. The van der Waals surface area contributed by atoms with Crippen LogP contribution in [0.3, 0.4) is 0 Å². The summed E-state index contributed by atoms with van der Waals surface area (Å²) in [6.45, 7) is 7.10. The van der Waals surface area contributed by atoms with Gasteiger partial charge in [0.15, 0.2) is 0 Å². The fourth-order valence-corrected chi connectivity index (χ4v) is 1.39. The molecule has 0 fully saturated rings. The van der Waals surface area contributed by atoms with Gasteiger partial charge in [-0.3, -0.25) is 5.32 Å². The van der Waals surface area contributed by atoms with Crippen LogP contribution in [0, 0.1) is 0 Å². The maximum atomic E-state index is 5.32. The van der Waals surface area contributed by atoms with E-state index < -0.39 is 0 Å². The van der Waals surface area contributed by atoms with E-state index in [9.17, 15) is 0 Å². The Kier molecular flexibility index (Phi) is 12.8. The summed E-state index contributed by atoms with van der Waals surface area (Å²) >= 11 is 0. The van der Waals surface area contributed by atoms with E-state index in [4.69, 9.17) is 4.74 Å². The van der Waals surface area contributed by atoms with Crippen molar-refractivity contribution in [2.24, 2.45) is 0 Å². The van der Waals surface area contributed by atoms with Crippen molar-refractivity contribution >= 4 is 0 Å². The van der Waals surface area contributed by atoms with E-state index in [0.29, 0.717) is 0 Å². The average Bonchev–Trinajstić information content (AvgIpc) is 2.21. The van der Waals surface area contributed by atoms with Crippen LogP contribution in [0.5, 0.6) is 0 Å². The number of hydrogen-bond acceptors (Lipinski definition) is 2. The molecule has 0 saturated heterocycles. The second kappa shape index (κ2) is 12.9. The SMILES string of the molecule is CCCCCCCCNCOCCC. The Morgan fingerprint density at radius 2 is 1.57 bits per heavy atom. The van der Waals surface area contributed by atoms with E-state index in [1.54, 1.807) is 0 Å². The van der Waals surface area contributed by atoms with Crippen molar-refractivity contribution in [1.29, 1.82) is 0 Å². The molecule has 0 bridgehead atoms. The minimum Gasteiger partial charge on any atom is -0.366 e. The van der Waals surface area contributed by atoms with Crippen molar-refractivity contribution in [3.8, 4) is 0 Å². The molecule has 0 aliphatic heterocycles. The summed E-state index contributed by atoms with van der Waals surface area (Å²) < 4.78 is 5.32. The van der Waals surface area contributed by atoms with Crippen LogP contribution in [-0.2, 0) is 4.74 Å². The van der Waals surface area contributed by atoms with E-state index in [2.05, 4.69) is 19.2 Å². The van der Waals surface area contributed by atoms with Gasteiger partial charge in [-0.1, -0.05) is 46.0 Å². The molecule has 14 heavy (non-hydrogen) atoms. The zero-order valence-electron chi connectivity index (χ0n) is 9.98. The summed E-state index contributed by atoms with van der Waals surface area (Å²) in [6, 6.07) is 0. The molecule has 1 N–H and O–H groups in total. The summed E-state index contributed by atoms with van der Waals surface area (Å²) in [7, 11) is 0. The molecule has 0 radical (unpaired) electrons. The quantitative estimate of drug-likeness (QED) is 0.409. The number of nitrogens with one attached hydrogen (secondary N) is 1. The fourth-order valence-electron chi connectivity index (χ4n) is 1.39. The lowest BCUT2D eigenvalue weighted by molar-refractivity contribution is 0.117. The Balaban J connectivity index is 2.78. The van der Waals surface area contributed by atoms with E-state index in [0.717, 1.165) is 26.3 Å². The lowest BCUT2D eigenvalue weighted by Crippen LogP contribution is -2.19. The smallest absolute Gasteiger partial charge is 0.0965 e. The van der Waals surface area contributed by atoms with Gasteiger partial charge in [-0.25, -0.2) is 0 Å². The van der Waals surface area contributed by atoms with Crippen LogP contribution in [0.1, 0.15) is 58.8 Å². The summed E-state index contributed by atoms with van der Waals surface area (Å²) in [5.74, 6) is 0. The van der Waals surface area contributed by atoms with Gasteiger partial charge in [-0.2, -0.15) is 0 Å². The summed E-state index contributed by atoms with van der Waals surface area (Å²) in [6.07, 6.45) is 9.29. The third-order valence-corrected chi connectivity index (χ3v) is 2.26. The Morgan fingerprint density at radius 1 is 0.857 bits per heavy atom. The second-order valence-corrected chi connectivity index (χ2v) is 3.82. The van der Waals surface area contributed by atoms with Gasteiger partial charge in [0, 0.05) is 6.61 Å². The predicted octanol–water partition coefficient (Wildman–Crippen LogP) is 3.32. The van der Waals surface area contributed by atoms with Crippen molar-refractivity contribution in [3.05, 3.63) is 0 Å². The van der Waals surface area contributed by atoms with Crippen molar-refractivity contribution in [3.63, 3.8) is 0 Å². The Morgan fingerprint density at radius 3 is 2.29 bits per heavy atom. The topological polar surface area (TPSA) is 21.3 Å². The van der Waals surface area contributed by atoms with Crippen LogP contribution in [0.4, 0.5) is 0 Å². The summed E-state index contributed by atoms with van der Waals surface area (Å²) in [4.78, 5) is 0. The van der Waals surface area contributed by atoms with E-state index >= 15 is 0 Å². The molecular formula is C12H27NO. The van der Waals surface area contributed by atoms with E-state index in [1.807, 2.05) is 0 Å². The average molecular weight is 201 g/mol. The molecule has 2 heteroatoms. The van der Waals surface area contributed by atoms with Gasteiger partial charge in [0.1, 0.15) is 0 Å². The lowest BCUT2D eigenvalue weighted by atomic mass is 10.1. The van der Waals surface area contributed by atoms with Gasteiger partial charge in [-0.15, -0.1) is 0 Å². The van der Waals surface area contributed by atoms with Crippen LogP contribution in [0.25, 0.3) is 0 Å². The largest absolute Gasteiger partial charge is 0.366 e. The van der Waals surface area contributed by atoms with Crippen LogP contribution < -0.4 is 5.32 Å². The molecule has 2 nitrogen and oxygen atoms in total. The summed E-state index contributed by atoms with van der Waals surface area (Å²) in [5.41, 5.74) is 0. The first kappa shape index (κ1) is 13.9. The molecule has 86 valence electrons. The molecule has 0 amide bonds. The van der Waals surface area contributed by atoms with Crippen LogP contribution in [-0.4, -0.2) is 19.9 Å². The maximum Gasteiger partial charge on any atom is 0.0965 e. The molecule has 0 aromatic carbocycles. The Hall–Kier alpha value is -0.0800. The highest BCUT2D eigenvalue weighted by atomic mass is 16.5. The van der Waals surface area contributed by atoms with Crippen LogP contribution in [0.15, 0.2) is 0 Å². The molecule has 0 aromatic rings. The number of hydrogen-bond donors (Lipinski definition) is 1. The Labute approximate surface area is 89.4 Å². The standard InChI is InChI=1S/C12H27NO/c1-3-5-6-7-8-9-10-13-12-14-11-4-2/h13H,3-12H2,1-2H3. The first-order valence-corrected chi connectivity index (χ1v) is 6.20. The highest BCUT2D eigenvalue weighted by molar-refractivity contribution is 4.46. The Bertz CT molecular complexity index is 84.3. The third kappa shape index (κ3) is 11.9. The third-order valence-electron chi connectivity index (χ3n) is 2.26. The second-order valence-electron chi connectivity index (χ2n) is 3.82. The van der Waals surface area contributed by atoms with Gasteiger partial charge in [0.05, 0.1) is 6.73 Å². The lowest BCUT2D eigenvalue weighted by Gasteiger charge is -2.05. The number of unbranched alkanes of at least 4 members (excludes halogenated alkanes) is 5. The van der Waals surface area contributed by atoms with Crippen LogP contribution in [0.2, 0.25) is 0 Å². The number of ether oxygens (including phenoxy) is 1. The molecule has 0 aromatic heterocycles. The van der Waals surface area contributed by atoms with Gasteiger partial charge in [0.25, 0.3) is 0 Å². The molecule has 0 aliphatic carbocycles. The minimum absolute atomic E-state index is 0.725. The van der Waals surface area contributed by atoms with Crippen molar-refractivity contribution in [2.45, 2.75) is 58.8 Å². The first-order chi connectivity index (χ1) is 6.91. The van der Waals surface area contributed by atoms with Crippen molar-refractivity contribution < 1.29 is 4.74 Å². The van der Waals surface area contributed by atoms with Crippen molar-refractivity contribution in [2.75, 3.05) is 19.9 Å². The summed E-state index contributed by atoms with van der Waals surface area (Å²) in [5, 5.41) is 3.29. The van der Waals surface area contributed by atoms with E-state index in [1.165, 1.54) is 38.5 Å². The highest BCUT2D eigenvalue weighted by Crippen LogP contribution is 2.03.